The number of nitrogens with zero attached hydrogens (tertiary/aromatic N) is 1. The van der Waals surface area contributed by atoms with Gasteiger partial charge in [0, 0.05) is 35.9 Å². The van der Waals surface area contributed by atoms with Crippen molar-refractivity contribution in [2.24, 2.45) is 10.9 Å². The number of nitrogens with one attached hydrogen (secondary N) is 1. The number of hydrogen-bond acceptors (Lipinski definition) is 4. The maximum atomic E-state index is 13.7. The third-order valence-electron chi connectivity index (χ3n) is 4.63. The second-order valence-electron chi connectivity index (χ2n) is 6.06. The predicted octanol–water partition coefficient (Wildman–Crippen LogP) is 2.83. The van der Waals surface area contributed by atoms with Gasteiger partial charge in [-0.05, 0) is 33.6 Å². The van der Waals surface area contributed by atoms with Gasteiger partial charge in [0.1, 0.15) is 5.82 Å². The number of ketones is 1. The minimum absolute atomic E-state index is 0.0837. The van der Waals surface area contributed by atoms with Gasteiger partial charge in [-0.25, -0.2) is 4.39 Å². The normalized spacial score (nSPS) is 26.5. The van der Waals surface area contributed by atoms with Crippen molar-refractivity contribution in [3.05, 3.63) is 45.3 Å². The van der Waals surface area contributed by atoms with Crippen molar-refractivity contribution >= 4 is 45.1 Å². The number of hydrogen-bond donors (Lipinski definition) is 1. The summed E-state index contributed by atoms with van der Waals surface area (Å²) in [5.41, 5.74) is 2.94. The van der Waals surface area contributed by atoms with E-state index in [1.54, 1.807) is 23.9 Å². The van der Waals surface area contributed by atoms with E-state index in [1.807, 2.05) is 0 Å². The number of thioether (sulfide) groups is 1. The fraction of sp³-hybridized carbons (Fsp3) is 0.353. The Hall–Kier alpha value is -1.47. The molecule has 2 unspecified atom stereocenters. The lowest BCUT2D eigenvalue weighted by Gasteiger charge is -2.37. The molecule has 24 heavy (non-hydrogen) atoms. The van der Waals surface area contributed by atoms with Gasteiger partial charge < -0.3 is 5.32 Å². The van der Waals surface area contributed by atoms with Gasteiger partial charge in [0.2, 0.25) is 5.91 Å². The molecule has 1 saturated heterocycles. The summed E-state index contributed by atoms with van der Waals surface area (Å²) in [6.07, 6.45) is 0.662. The fourth-order valence-corrected chi connectivity index (χ4v) is 4.93. The molecule has 1 N–H and O–H groups in total. The van der Waals surface area contributed by atoms with Crippen LogP contribution in [-0.2, 0) is 9.59 Å². The third kappa shape index (κ3) is 2.54. The first-order valence-electron chi connectivity index (χ1n) is 7.70. The first-order valence-corrected chi connectivity index (χ1v) is 9.65. The largest absolute Gasteiger partial charge is 0.352 e. The lowest BCUT2D eigenvalue weighted by molar-refractivity contribution is -0.119. The summed E-state index contributed by atoms with van der Waals surface area (Å²) in [5.74, 6) is -0.142. The van der Waals surface area contributed by atoms with Gasteiger partial charge in [0.15, 0.2) is 5.78 Å². The van der Waals surface area contributed by atoms with Gasteiger partial charge in [-0.1, -0.05) is 6.07 Å². The molecule has 4 rings (SSSR count). The number of halogens is 2. The Morgan fingerprint density at radius 3 is 2.88 bits per heavy atom. The van der Waals surface area contributed by atoms with Gasteiger partial charge in [0.05, 0.1) is 21.8 Å². The first kappa shape index (κ1) is 16.0. The Kier molecular flexibility index (Phi) is 4.08. The number of carbonyl (C=O) groups excluding carboxylic acids is 2. The Morgan fingerprint density at radius 1 is 1.25 bits per heavy atom. The van der Waals surface area contributed by atoms with Crippen LogP contribution in [0.3, 0.4) is 0 Å². The topological polar surface area (TPSA) is 58.5 Å². The minimum atomic E-state index is -0.425. The standard InChI is InChI=1S/C17H14BrFN2O2S/c18-9-5-8(1-2-10(9)19)14-15-12(6-24-7-13(15)22)21-11-3-4-20-17(23)16(11)14/h1-2,5,14-15H,3-4,6-7H2,(H,20,23). The first-order chi connectivity index (χ1) is 11.6. The Morgan fingerprint density at radius 2 is 2.08 bits per heavy atom. The van der Waals surface area contributed by atoms with Crippen LogP contribution in [0.5, 0.6) is 0 Å². The highest BCUT2D eigenvalue weighted by Crippen LogP contribution is 2.44. The summed E-state index contributed by atoms with van der Waals surface area (Å²) < 4.78 is 14.0. The zero-order chi connectivity index (χ0) is 16.8. The zero-order valence-electron chi connectivity index (χ0n) is 12.6. The van der Waals surface area contributed by atoms with Crippen LogP contribution in [0.2, 0.25) is 0 Å². The molecule has 0 radical (unpaired) electrons. The van der Waals surface area contributed by atoms with E-state index in [9.17, 15) is 14.0 Å². The van der Waals surface area contributed by atoms with Crippen molar-refractivity contribution in [1.82, 2.24) is 5.32 Å². The maximum absolute atomic E-state index is 13.7. The number of amides is 1. The molecule has 0 saturated carbocycles. The molecule has 7 heteroatoms. The SMILES string of the molecule is O=C1NCCC2=C1C(c1ccc(F)c(Br)c1)C1C(=O)CSCC1=N2. The van der Waals surface area contributed by atoms with Gasteiger partial charge in [-0.2, -0.15) is 0 Å². The lowest BCUT2D eigenvalue weighted by atomic mass is 9.72. The molecule has 1 aromatic rings. The molecule has 3 aliphatic rings. The second-order valence-corrected chi connectivity index (χ2v) is 7.90. The second kappa shape index (κ2) is 6.11. The van der Waals surface area contributed by atoms with Gasteiger partial charge in [-0.3, -0.25) is 14.6 Å². The number of benzene rings is 1. The molecule has 1 amide bonds. The molecule has 0 aliphatic carbocycles. The van der Waals surface area contributed by atoms with Crippen molar-refractivity contribution in [2.75, 3.05) is 18.1 Å². The van der Waals surface area contributed by atoms with Crippen LogP contribution >= 0.6 is 27.7 Å². The van der Waals surface area contributed by atoms with Crippen LogP contribution in [0, 0.1) is 11.7 Å². The highest BCUT2D eigenvalue weighted by molar-refractivity contribution is 9.10. The maximum Gasteiger partial charge on any atom is 0.249 e. The number of Topliss-reactive ketones (excluding diaryl/α,β-unsaturated/α-hetero) is 1. The average molecular weight is 409 g/mol. The fourth-order valence-electron chi connectivity index (χ4n) is 3.60. The molecule has 1 fully saturated rings. The van der Waals surface area contributed by atoms with Crippen LogP contribution in [0.25, 0.3) is 0 Å². The molecular formula is C17H14BrFN2O2S. The van der Waals surface area contributed by atoms with Crippen molar-refractivity contribution in [2.45, 2.75) is 12.3 Å². The number of aliphatic imine (C=N–C) groups is 1. The molecule has 0 bridgehead atoms. The van der Waals surface area contributed by atoms with Gasteiger partial charge in [0.25, 0.3) is 0 Å². The predicted molar refractivity (Wildman–Crippen MR) is 94.8 cm³/mol. The minimum Gasteiger partial charge on any atom is -0.352 e. The van der Waals surface area contributed by atoms with Crippen LogP contribution in [-0.4, -0.2) is 35.5 Å². The Bertz CT molecular complexity index is 821. The Labute approximate surface area is 151 Å². The van der Waals surface area contributed by atoms with E-state index in [4.69, 9.17) is 0 Å². The van der Waals surface area contributed by atoms with Crippen LogP contribution in [0.15, 0.2) is 38.9 Å². The molecule has 3 aliphatic heterocycles. The van der Waals surface area contributed by atoms with E-state index in [1.165, 1.54) is 6.07 Å². The van der Waals surface area contributed by atoms with Gasteiger partial charge in [-0.15, -0.1) is 11.8 Å². The average Bonchev–Trinajstić information content (AvgIpc) is 2.56. The number of carbonyl (C=O) groups is 2. The summed E-state index contributed by atoms with van der Waals surface area (Å²) in [6.45, 7) is 0.556. The molecule has 0 spiro atoms. The van der Waals surface area contributed by atoms with E-state index < -0.39 is 11.8 Å². The summed E-state index contributed by atoms with van der Waals surface area (Å²) >= 11 is 4.77. The summed E-state index contributed by atoms with van der Waals surface area (Å²) in [4.78, 5) is 29.8. The van der Waals surface area contributed by atoms with E-state index in [2.05, 4.69) is 26.2 Å². The third-order valence-corrected chi connectivity index (χ3v) is 6.22. The highest BCUT2D eigenvalue weighted by Gasteiger charge is 2.44. The monoisotopic (exact) mass is 408 g/mol. The number of rotatable bonds is 1. The quantitative estimate of drug-likeness (QED) is 0.776. The van der Waals surface area contributed by atoms with E-state index >= 15 is 0 Å². The van der Waals surface area contributed by atoms with E-state index in [0.29, 0.717) is 34.5 Å². The molecule has 3 heterocycles. The Balaban J connectivity index is 1.91. The van der Waals surface area contributed by atoms with Crippen LogP contribution in [0.1, 0.15) is 17.9 Å². The lowest BCUT2D eigenvalue weighted by Crippen LogP contribution is -2.45. The van der Waals surface area contributed by atoms with Crippen LogP contribution < -0.4 is 5.32 Å². The number of fused-ring (bicyclic) bond motifs is 1. The van der Waals surface area contributed by atoms with Crippen molar-refractivity contribution < 1.29 is 14.0 Å². The summed E-state index contributed by atoms with van der Waals surface area (Å²) in [5, 5.41) is 2.85. The van der Waals surface area contributed by atoms with Crippen LogP contribution in [0.4, 0.5) is 4.39 Å². The van der Waals surface area contributed by atoms with Gasteiger partial charge >= 0.3 is 0 Å². The smallest absolute Gasteiger partial charge is 0.249 e. The van der Waals surface area contributed by atoms with Crippen molar-refractivity contribution in [1.29, 1.82) is 0 Å². The molecular weight excluding hydrogens is 395 g/mol. The summed E-state index contributed by atoms with van der Waals surface area (Å²) in [6, 6.07) is 4.70. The molecule has 1 aromatic carbocycles. The zero-order valence-corrected chi connectivity index (χ0v) is 15.0. The van der Waals surface area contributed by atoms with E-state index in [-0.39, 0.29) is 17.5 Å². The molecule has 0 aromatic heterocycles. The summed E-state index contributed by atoms with van der Waals surface area (Å²) in [7, 11) is 0. The molecule has 2 atom stereocenters. The molecule has 124 valence electrons. The highest BCUT2D eigenvalue weighted by atomic mass is 79.9. The van der Waals surface area contributed by atoms with E-state index in [0.717, 1.165) is 17.0 Å². The molecule has 4 nitrogen and oxygen atoms in total. The van der Waals surface area contributed by atoms with Crippen molar-refractivity contribution in [3.8, 4) is 0 Å². The van der Waals surface area contributed by atoms with Crippen molar-refractivity contribution in [3.63, 3.8) is 0 Å².